The van der Waals surface area contributed by atoms with Crippen molar-refractivity contribution < 1.29 is 4.79 Å². The van der Waals surface area contributed by atoms with Crippen molar-refractivity contribution in [1.82, 2.24) is 25.4 Å². The fourth-order valence-corrected chi connectivity index (χ4v) is 3.05. The highest BCUT2D eigenvalue weighted by Gasteiger charge is 2.14. The Kier molecular flexibility index (Phi) is 5.02. The molecule has 1 atom stereocenters. The van der Waals surface area contributed by atoms with Gasteiger partial charge in [0, 0.05) is 12.1 Å². The summed E-state index contributed by atoms with van der Waals surface area (Å²) in [4.78, 5) is 16.2. The molecule has 1 fully saturated rings. The zero-order valence-corrected chi connectivity index (χ0v) is 13.5. The maximum absolute atomic E-state index is 12.3. The minimum Gasteiger partial charge on any atom is -0.352 e. The highest BCUT2D eigenvalue weighted by Crippen LogP contribution is 2.15. The molecule has 1 aromatic heterocycles. The van der Waals surface area contributed by atoms with E-state index < -0.39 is 0 Å². The van der Waals surface area contributed by atoms with E-state index in [1.807, 2.05) is 25.1 Å². The van der Waals surface area contributed by atoms with E-state index in [1.165, 1.54) is 19.2 Å². The van der Waals surface area contributed by atoms with Crippen LogP contribution in [-0.2, 0) is 0 Å². The molecule has 0 saturated carbocycles. The van der Waals surface area contributed by atoms with E-state index in [0.29, 0.717) is 11.5 Å². The van der Waals surface area contributed by atoms with Gasteiger partial charge in [0.15, 0.2) is 0 Å². The monoisotopic (exact) mass is 313 g/mol. The Bertz CT molecular complexity index is 647. The number of carbonyl (C=O) groups excluding carboxylic acids is 1. The minimum atomic E-state index is -0.0120. The Morgan fingerprint density at radius 1 is 1.48 bits per heavy atom. The molecule has 1 aliphatic heterocycles. The lowest BCUT2D eigenvalue weighted by atomic mass is 9.96. The van der Waals surface area contributed by atoms with Crippen LogP contribution in [0, 0.1) is 12.8 Å². The Labute approximate surface area is 136 Å². The van der Waals surface area contributed by atoms with Gasteiger partial charge in [-0.05, 0) is 69.0 Å². The van der Waals surface area contributed by atoms with Gasteiger partial charge in [-0.15, -0.1) is 0 Å². The highest BCUT2D eigenvalue weighted by atomic mass is 16.1. The van der Waals surface area contributed by atoms with Crippen molar-refractivity contribution in [2.75, 3.05) is 19.6 Å². The minimum absolute atomic E-state index is 0.0120. The zero-order chi connectivity index (χ0) is 16.1. The van der Waals surface area contributed by atoms with E-state index in [-0.39, 0.29) is 5.91 Å². The maximum Gasteiger partial charge on any atom is 0.251 e. The Hall–Kier alpha value is -2.21. The summed E-state index contributed by atoms with van der Waals surface area (Å²) in [5.74, 6) is 0.669. The molecule has 2 heterocycles. The van der Waals surface area contributed by atoms with E-state index in [0.717, 1.165) is 37.3 Å². The maximum atomic E-state index is 12.3. The average molecular weight is 313 g/mol. The highest BCUT2D eigenvalue weighted by molar-refractivity contribution is 5.94. The van der Waals surface area contributed by atoms with Crippen LogP contribution in [-0.4, -0.2) is 40.3 Å². The van der Waals surface area contributed by atoms with Gasteiger partial charge in [-0.3, -0.25) is 4.79 Å². The van der Waals surface area contributed by atoms with Gasteiger partial charge in [0.2, 0.25) is 0 Å². The predicted octanol–water partition coefficient (Wildman–Crippen LogP) is 1.70. The van der Waals surface area contributed by atoms with E-state index in [2.05, 4.69) is 20.7 Å². The number of piperidine rings is 1. The first-order valence-electron chi connectivity index (χ1n) is 8.18. The summed E-state index contributed by atoms with van der Waals surface area (Å²) < 4.78 is 1.70. The smallest absolute Gasteiger partial charge is 0.251 e. The van der Waals surface area contributed by atoms with Gasteiger partial charge in [-0.2, -0.15) is 5.10 Å². The molecular weight excluding hydrogens is 290 g/mol. The molecule has 1 amide bonds. The fraction of sp³-hybridized carbons (Fsp3) is 0.471. The average Bonchev–Trinajstić information content (AvgIpc) is 3.10. The Morgan fingerprint density at radius 3 is 3.09 bits per heavy atom. The third-order valence-corrected chi connectivity index (χ3v) is 4.36. The molecule has 23 heavy (non-hydrogen) atoms. The third-order valence-electron chi connectivity index (χ3n) is 4.36. The van der Waals surface area contributed by atoms with Gasteiger partial charge < -0.3 is 10.6 Å². The number of rotatable bonds is 5. The van der Waals surface area contributed by atoms with Crippen LogP contribution in [0.15, 0.2) is 30.9 Å². The second kappa shape index (κ2) is 7.37. The van der Waals surface area contributed by atoms with E-state index in [9.17, 15) is 4.79 Å². The van der Waals surface area contributed by atoms with Crippen molar-refractivity contribution in [1.29, 1.82) is 0 Å². The second-order valence-electron chi connectivity index (χ2n) is 6.10. The number of benzene rings is 1. The summed E-state index contributed by atoms with van der Waals surface area (Å²) in [5, 5.41) is 10.6. The molecular formula is C17H23N5O. The van der Waals surface area contributed by atoms with Gasteiger partial charge >= 0.3 is 0 Å². The number of nitrogens with zero attached hydrogens (tertiary/aromatic N) is 3. The number of aryl methyl sites for hydroxylation is 1. The Morgan fingerprint density at radius 2 is 2.39 bits per heavy atom. The molecule has 0 spiro atoms. The molecule has 0 bridgehead atoms. The molecule has 3 rings (SSSR count). The van der Waals surface area contributed by atoms with Gasteiger partial charge in [0.25, 0.3) is 5.91 Å². The molecule has 2 aromatic rings. The van der Waals surface area contributed by atoms with Crippen LogP contribution in [0.4, 0.5) is 0 Å². The van der Waals surface area contributed by atoms with Crippen molar-refractivity contribution >= 4 is 5.91 Å². The van der Waals surface area contributed by atoms with Gasteiger partial charge in [0.1, 0.15) is 12.7 Å². The van der Waals surface area contributed by atoms with Crippen LogP contribution in [0.5, 0.6) is 0 Å². The number of hydrogen-bond donors (Lipinski definition) is 2. The first-order chi connectivity index (χ1) is 11.2. The van der Waals surface area contributed by atoms with Crippen molar-refractivity contribution in [2.45, 2.75) is 26.2 Å². The molecule has 122 valence electrons. The summed E-state index contributed by atoms with van der Waals surface area (Å²) in [6.07, 6.45) is 6.69. The van der Waals surface area contributed by atoms with Gasteiger partial charge in [0.05, 0.1) is 5.69 Å². The van der Waals surface area contributed by atoms with Crippen molar-refractivity contribution in [3.63, 3.8) is 0 Å². The lowest BCUT2D eigenvalue weighted by molar-refractivity contribution is 0.0950. The molecule has 1 aromatic carbocycles. The van der Waals surface area contributed by atoms with E-state index >= 15 is 0 Å². The quantitative estimate of drug-likeness (QED) is 0.881. The first-order valence-corrected chi connectivity index (χ1v) is 8.18. The number of amides is 1. The van der Waals surface area contributed by atoms with Crippen LogP contribution in [0.1, 0.15) is 35.2 Å². The summed E-state index contributed by atoms with van der Waals surface area (Å²) >= 11 is 0. The zero-order valence-electron chi connectivity index (χ0n) is 13.5. The predicted molar refractivity (Wildman–Crippen MR) is 88.6 cm³/mol. The largest absolute Gasteiger partial charge is 0.352 e. The first kappa shape index (κ1) is 15.7. The lowest BCUT2D eigenvalue weighted by Gasteiger charge is -2.22. The van der Waals surface area contributed by atoms with Crippen LogP contribution in [0.3, 0.4) is 0 Å². The molecule has 1 aliphatic rings. The molecule has 0 radical (unpaired) electrons. The molecule has 1 unspecified atom stereocenters. The van der Waals surface area contributed by atoms with Crippen LogP contribution >= 0.6 is 0 Å². The number of nitrogens with one attached hydrogen (secondary N) is 2. The van der Waals surface area contributed by atoms with Crippen molar-refractivity contribution in [2.24, 2.45) is 5.92 Å². The Balaban J connectivity index is 1.56. The molecule has 1 saturated heterocycles. The number of aromatic nitrogens is 3. The summed E-state index contributed by atoms with van der Waals surface area (Å²) in [6, 6.07) is 5.64. The third kappa shape index (κ3) is 3.96. The lowest BCUT2D eigenvalue weighted by Crippen LogP contribution is -2.33. The van der Waals surface area contributed by atoms with E-state index in [4.69, 9.17) is 0 Å². The van der Waals surface area contributed by atoms with Crippen molar-refractivity contribution in [3.8, 4) is 5.69 Å². The topological polar surface area (TPSA) is 71.8 Å². The number of hydrogen-bond acceptors (Lipinski definition) is 4. The van der Waals surface area contributed by atoms with Crippen LogP contribution in [0.2, 0.25) is 0 Å². The summed E-state index contributed by atoms with van der Waals surface area (Å²) in [7, 11) is 0. The van der Waals surface area contributed by atoms with Crippen LogP contribution in [0.25, 0.3) is 5.69 Å². The standard InChI is InChI=1S/C17H23N5O/c1-13-9-15(4-5-16(13)22-12-19-11-21-22)17(23)20-8-6-14-3-2-7-18-10-14/h4-5,9,11-12,14,18H,2-3,6-8,10H2,1H3,(H,20,23). The molecule has 6 nitrogen and oxygen atoms in total. The fourth-order valence-electron chi connectivity index (χ4n) is 3.05. The molecule has 6 heteroatoms. The second-order valence-corrected chi connectivity index (χ2v) is 6.10. The van der Waals surface area contributed by atoms with Gasteiger partial charge in [-0.25, -0.2) is 9.67 Å². The molecule has 2 N–H and O–H groups in total. The SMILES string of the molecule is Cc1cc(C(=O)NCCC2CCCNC2)ccc1-n1cncn1. The van der Waals surface area contributed by atoms with E-state index in [1.54, 1.807) is 11.0 Å². The normalized spacial score (nSPS) is 17.9. The van der Waals surface area contributed by atoms with Crippen LogP contribution < -0.4 is 10.6 Å². The summed E-state index contributed by atoms with van der Waals surface area (Å²) in [6.45, 7) is 4.90. The van der Waals surface area contributed by atoms with Gasteiger partial charge in [-0.1, -0.05) is 0 Å². The molecule has 0 aliphatic carbocycles. The summed E-state index contributed by atoms with van der Waals surface area (Å²) in [5.41, 5.74) is 2.63. The number of carbonyl (C=O) groups is 1. The van der Waals surface area contributed by atoms with Crippen molar-refractivity contribution in [3.05, 3.63) is 42.0 Å².